The second kappa shape index (κ2) is 9.05. The Labute approximate surface area is 169 Å². The zero-order valence-electron chi connectivity index (χ0n) is 16.4. The van der Waals surface area contributed by atoms with E-state index in [2.05, 4.69) is 29.5 Å². The van der Waals surface area contributed by atoms with E-state index in [4.69, 9.17) is 4.74 Å². The number of thiazole rings is 1. The summed E-state index contributed by atoms with van der Waals surface area (Å²) in [6, 6.07) is 7.15. The van der Waals surface area contributed by atoms with E-state index in [0.717, 1.165) is 10.6 Å². The Morgan fingerprint density at radius 2 is 2.07 bits per heavy atom. The average Bonchev–Trinajstić information content (AvgIpc) is 2.99. The lowest BCUT2D eigenvalue weighted by atomic mass is 10.2. The van der Waals surface area contributed by atoms with Crippen LogP contribution in [0, 0.1) is 5.92 Å². The minimum absolute atomic E-state index is 0.112. The molecule has 0 radical (unpaired) electrons. The van der Waals surface area contributed by atoms with Crippen molar-refractivity contribution in [2.75, 3.05) is 32.1 Å². The monoisotopic (exact) mass is 402 g/mol. The van der Waals surface area contributed by atoms with Gasteiger partial charge in [-0.15, -0.1) is 11.3 Å². The van der Waals surface area contributed by atoms with Crippen LogP contribution in [-0.2, 0) is 12.8 Å². The molecule has 2 N–H and O–H groups in total. The number of amides is 3. The first-order valence-electron chi connectivity index (χ1n) is 9.43. The van der Waals surface area contributed by atoms with Crippen LogP contribution in [0.3, 0.4) is 0 Å². The lowest BCUT2D eigenvalue weighted by Gasteiger charge is -2.21. The number of carbonyl (C=O) groups is 2. The molecular formula is C20H26N4O3S. The summed E-state index contributed by atoms with van der Waals surface area (Å²) in [4.78, 5) is 32.2. The van der Waals surface area contributed by atoms with Gasteiger partial charge in [-0.3, -0.25) is 4.79 Å². The first-order valence-corrected chi connectivity index (χ1v) is 10.2. The number of urea groups is 1. The largest absolute Gasteiger partial charge is 0.497 e. The molecule has 1 aromatic heterocycles. The lowest BCUT2D eigenvalue weighted by molar-refractivity contribution is 0.0948. The van der Waals surface area contributed by atoms with Crippen LogP contribution in [0.15, 0.2) is 24.3 Å². The molecule has 2 heterocycles. The summed E-state index contributed by atoms with van der Waals surface area (Å²) in [7, 11) is 1.60. The Morgan fingerprint density at radius 1 is 1.29 bits per heavy atom. The maximum Gasteiger partial charge on any atom is 0.321 e. The van der Waals surface area contributed by atoms with Gasteiger partial charge in [0.15, 0.2) is 5.01 Å². The normalized spacial score (nSPS) is 13.6. The van der Waals surface area contributed by atoms with Gasteiger partial charge in [0.05, 0.1) is 12.8 Å². The topological polar surface area (TPSA) is 83.6 Å². The third-order valence-electron chi connectivity index (χ3n) is 4.48. The zero-order valence-corrected chi connectivity index (χ0v) is 17.3. The zero-order chi connectivity index (χ0) is 20.1. The summed E-state index contributed by atoms with van der Waals surface area (Å²) in [5.74, 6) is 0.987. The first kappa shape index (κ1) is 20.1. The van der Waals surface area contributed by atoms with Gasteiger partial charge in [-0.2, -0.15) is 0 Å². The number of anilines is 1. The molecule has 0 spiro atoms. The molecule has 0 fully saturated rings. The van der Waals surface area contributed by atoms with Crippen molar-refractivity contribution in [2.45, 2.75) is 26.7 Å². The summed E-state index contributed by atoms with van der Waals surface area (Å²) in [5.41, 5.74) is 1.63. The van der Waals surface area contributed by atoms with Crippen molar-refractivity contribution in [1.29, 1.82) is 0 Å². The molecule has 0 saturated heterocycles. The molecule has 0 atom stereocenters. The van der Waals surface area contributed by atoms with Crippen LogP contribution < -0.4 is 15.4 Å². The van der Waals surface area contributed by atoms with Gasteiger partial charge in [0.2, 0.25) is 0 Å². The van der Waals surface area contributed by atoms with Gasteiger partial charge >= 0.3 is 6.03 Å². The number of nitrogens with zero attached hydrogens (tertiary/aromatic N) is 2. The molecule has 0 unspecified atom stereocenters. The Balaban J connectivity index is 1.59. The molecule has 0 saturated carbocycles. The summed E-state index contributed by atoms with van der Waals surface area (Å²) in [5, 5.41) is 6.34. The third-order valence-corrected chi connectivity index (χ3v) is 5.64. The summed E-state index contributed by atoms with van der Waals surface area (Å²) in [6.45, 7) is 5.92. The Morgan fingerprint density at radius 3 is 2.82 bits per heavy atom. The standard InChI is InChI=1S/C20H26N4O3S/c1-13(2)12-21-18(25)19-23-16-7-9-24(10-8-17(16)28-19)20(26)22-14-5-4-6-15(11-14)27-3/h4-6,11,13H,7-10,12H2,1-3H3,(H,21,25)(H,22,26). The van der Waals surface area contributed by atoms with E-state index in [1.165, 1.54) is 11.3 Å². The van der Waals surface area contributed by atoms with Crippen LogP contribution in [0.25, 0.3) is 0 Å². The van der Waals surface area contributed by atoms with E-state index in [1.807, 2.05) is 18.2 Å². The highest BCUT2D eigenvalue weighted by Crippen LogP contribution is 2.24. The maximum absolute atomic E-state index is 12.6. The number of benzene rings is 1. The minimum atomic E-state index is -0.140. The Hall–Kier alpha value is -2.61. The van der Waals surface area contributed by atoms with Crippen molar-refractivity contribution in [3.63, 3.8) is 0 Å². The van der Waals surface area contributed by atoms with Crippen LogP contribution in [0.4, 0.5) is 10.5 Å². The highest BCUT2D eigenvalue weighted by molar-refractivity contribution is 7.13. The van der Waals surface area contributed by atoms with Crippen LogP contribution in [-0.4, -0.2) is 48.6 Å². The van der Waals surface area contributed by atoms with Gasteiger partial charge in [-0.25, -0.2) is 9.78 Å². The van der Waals surface area contributed by atoms with E-state index >= 15 is 0 Å². The molecule has 7 nitrogen and oxygen atoms in total. The van der Waals surface area contributed by atoms with Crippen LogP contribution in [0.2, 0.25) is 0 Å². The van der Waals surface area contributed by atoms with Gasteiger partial charge in [0, 0.05) is 49.1 Å². The molecular weight excluding hydrogens is 376 g/mol. The molecule has 1 aliphatic rings. The highest BCUT2D eigenvalue weighted by atomic mass is 32.1. The Kier molecular flexibility index (Phi) is 6.51. The van der Waals surface area contributed by atoms with Gasteiger partial charge in [0.1, 0.15) is 5.75 Å². The van der Waals surface area contributed by atoms with E-state index in [9.17, 15) is 9.59 Å². The van der Waals surface area contributed by atoms with Crippen LogP contribution in [0.5, 0.6) is 5.75 Å². The van der Waals surface area contributed by atoms with Crippen molar-refractivity contribution in [1.82, 2.24) is 15.2 Å². The Bertz CT molecular complexity index is 824. The van der Waals surface area contributed by atoms with Gasteiger partial charge in [-0.05, 0) is 18.1 Å². The van der Waals surface area contributed by atoms with Crippen molar-refractivity contribution >= 4 is 29.0 Å². The van der Waals surface area contributed by atoms with E-state index in [1.54, 1.807) is 18.1 Å². The minimum Gasteiger partial charge on any atom is -0.497 e. The third kappa shape index (κ3) is 5.01. The second-order valence-corrected chi connectivity index (χ2v) is 8.23. The van der Waals surface area contributed by atoms with Gasteiger partial charge in [-0.1, -0.05) is 19.9 Å². The number of hydrogen-bond acceptors (Lipinski definition) is 5. The number of hydrogen-bond donors (Lipinski definition) is 2. The SMILES string of the molecule is COc1cccc(NC(=O)N2CCc3nc(C(=O)NCC(C)C)sc3CC2)c1. The highest BCUT2D eigenvalue weighted by Gasteiger charge is 2.23. The molecule has 28 heavy (non-hydrogen) atoms. The van der Waals surface area contributed by atoms with Crippen LogP contribution >= 0.6 is 11.3 Å². The molecule has 2 aromatic rings. The fraction of sp³-hybridized carbons (Fsp3) is 0.450. The molecule has 1 aromatic carbocycles. The second-order valence-electron chi connectivity index (χ2n) is 7.14. The first-order chi connectivity index (χ1) is 13.5. The molecule has 3 rings (SSSR count). The predicted molar refractivity (Wildman–Crippen MR) is 110 cm³/mol. The summed E-state index contributed by atoms with van der Waals surface area (Å²) >= 11 is 1.43. The lowest BCUT2D eigenvalue weighted by Crippen LogP contribution is -2.36. The summed E-state index contributed by atoms with van der Waals surface area (Å²) in [6.07, 6.45) is 1.35. The number of aromatic nitrogens is 1. The number of carbonyl (C=O) groups excluding carboxylic acids is 2. The fourth-order valence-corrected chi connectivity index (χ4v) is 3.95. The molecule has 0 bridgehead atoms. The molecule has 150 valence electrons. The molecule has 8 heteroatoms. The molecule has 1 aliphatic heterocycles. The van der Waals surface area contributed by atoms with Crippen molar-refractivity contribution < 1.29 is 14.3 Å². The number of methoxy groups -OCH3 is 1. The van der Waals surface area contributed by atoms with Crippen LogP contribution in [0.1, 0.15) is 34.2 Å². The number of ether oxygens (including phenoxy) is 1. The molecule has 0 aliphatic carbocycles. The molecule has 3 amide bonds. The van der Waals surface area contributed by atoms with Gasteiger partial charge in [0.25, 0.3) is 5.91 Å². The van der Waals surface area contributed by atoms with Crippen molar-refractivity contribution in [3.8, 4) is 5.75 Å². The average molecular weight is 403 g/mol. The van der Waals surface area contributed by atoms with Crippen molar-refractivity contribution in [3.05, 3.63) is 39.8 Å². The predicted octanol–water partition coefficient (Wildman–Crippen LogP) is 3.17. The smallest absolute Gasteiger partial charge is 0.321 e. The quantitative estimate of drug-likeness (QED) is 0.805. The number of rotatable bonds is 5. The van der Waals surface area contributed by atoms with Crippen molar-refractivity contribution in [2.24, 2.45) is 5.92 Å². The number of nitrogens with one attached hydrogen (secondary N) is 2. The summed E-state index contributed by atoms with van der Waals surface area (Å²) < 4.78 is 5.19. The maximum atomic E-state index is 12.6. The fourth-order valence-electron chi connectivity index (χ4n) is 2.94. The number of fused-ring (bicyclic) bond motifs is 1. The van der Waals surface area contributed by atoms with Gasteiger partial charge < -0.3 is 20.3 Å². The van der Waals surface area contributed by atoms with E-state index in [-0.39, 0.29) is 11.9 Å². The van der Waals surface area contributed by atoms with E-state index < -0.39 is 0 Å². The van der Waals surface area contributed by atoms with E-state index in [0.29, 0.717) is 54.8 Å².